The summed E-state index contributed by atoms with van der Waals surface area (Å²) in [5.74, 6) is 0.581. The molecule has 1 aliphatic rings. The van der Waals surface area contributed by atoms with Crippen molar-refractivity contribution in [2.24, 2.45) is 0 Å². The Labute approximate surface area is 108 Å². The van der Waals surface area contributed by atoms with Crippen LogP contribution < -0.4 is 0 Å². The van der Waals surface area contributed by atoms with Gasteiger partial charge in [0.25, 0.3) is 0 Å². The number of rotatable bonds is 1. The molecule has 0 fully saturated rings. The van der Waals surface area contributed by atoms with Crippen LogP contribution in [0, 0.1) is 0 Å². The Balaban J connectivity index is 2.40. The highest BCUT2D eigenvalue weighted by Crippen LogP contribution is 2.32. The molecule has 3 rings (SSSR count). The maximum absolute atomic E-state index is 6.10. The summed E-state index contributed by atoms with van der Waals surface area (Å²) in [6, 6.07) is 6.22. The second-order valence-corrected chi connectivity index (χ2v) is 5.35. The summed E-state index contributed by atoms with van der Waals surface area (Å²) in [6.07, 6.45) is 3.45. The highest BCUT2D eigenvalue weighted by Gasteiger charge is 2.18. The van der Waals surface area contributed by atoms with E-state index in [4.69, 9.17) is 16.6 Å². The van der Waals surface area contributed by atoms with Gasteiger partial charge in [0.2, 0.25) is 0 Å². The summed E-state index contributed by atoms with van der Waals surface area (Å²) < 4.78 is 1.09. The Kier molecular flexibility index (Phi) is 2.64. The molecule has 2 aromatic rings. The SMILES string of the molecule is ClCc1c2c(nc3ccc(Br)cc13)CCC2. The average Bonchev–Trinajstić information content (AvgIpc) is 2.73. The van der Waals surface area contributed by atoms with Gasteiger partial charge in [-0.25, -0.2) is 0 Å². The average molecular weight is 297 g/mol. The number of benzene rings is 1. The number of aromatic nitrogens is 1. The van der Waals surface area contributed by atoms with Crippen LogP contribution in [-0.2, 0) is 18.7 Å². The van der Waals surface area contributed by atoms with Gasteiger partial charge in [0.05, 0.1) is 5.52 Å². The Hall–Kier alpha value is -0.600. The van der Waals surface area contributed by atoms with E-state index in [1.807, 2.05) is 6.07 Å². The lowest BCUT2D eigenvalue weighted by molar-refractivity contribution is 0.899. The molecular weight excluding hydrogens is 286 g/mol. The molecule has 0 radical (unpaired) electrons. The van der Waals surface area contributed by atoms with Crippen molar-refractivity contribution in [2.45, 2.75) is 25.1 Å². The van der Waals surface area contributed by atoms with E-state index in [2.05, 4.69) is 28.1 Å². The number of halogens is 2. The zero-order valence-electron chi connectivity index (χ0n) is 8.76. The van der Waals surface area contributed by atoms with Gasteiger partial charge in [-0.3, -0.25) is 4.98 Å². The second-order valence-electron chi connectivity index (χ2n) is 4.16. The van der Waals surface area contributed by atoms with Crippen molar-refractivity contribution in [3.63, 3.8) is 0 Å². The summed E-state index contributed by atoms with van der Waals surface area (Å²) in [4.78, 5) is 4.73. The Morgan fingerprint density at radius 1 is 1.31 bits per heavy atom. The normalized spacial score (nSPS) is 14.4. The van der Waals surface area contributed by atoms with Crippen molar-refractivity contribution < 1.29 is 0 Å². The van der Waals surface area contributed by atoms with Gasteiger partial charge in [-0.05, 0) is 48.6 Å². The molecule has 1 aromatic heterocycles. The molecule has 1 aliphatic carbocycles. The number of hydrogen-bond donors (Lipinski definition) is 0. The van der Waals surface area contributed by atoms with Crippen molar-refractivity contribution in [3.8, 4) is 0 Å². The van der Waals surface area contributed by atoms with E-state index in [1.165, 1.54) is 28.6 Å². The van der Waals surface area contributed by atoms with Crippen LogP contribution in [0.2, 0.25) is 0 Å². The van der Waals surface area contributed by atoms with E-state index < -0.39 is 0 Å². The maximum Gasteiger partial charge on any atom is 0.0709 e. The first-order valence-corrected chi connectivity index (χ1v) is 6.78. The lowest BCUT2D eigenvalue weighted by Crippen LogP contribution is -1.96. The van der Waals surface area contributed by atoms with Crippen LogP contribution in [0.15, 0.2) is 22.7 Å². The molecule has 0 saturated carbocycles. The molecule has 1 aromatic carbocycles. The highest BCUT2D eigenvalue weighted by atomic mass is 79.9. The Bertz CT molecular complexity index is 565. The van der Waals surface area contributed by atoms with Crippen LogP contribution >= 0.6 is 27.5 Å². The van der Waals surface area contributed by atoms with E-state index in [9.17, 15) is 0 Å². The van der Waals surface area contributed by atoms with E-state index in [-0.39, 0.29) is 0 Å². The third-order valence-corrected chi connectivity index (χ3v) is 3.99. The molecule has 0 N–H and O–H groups in total. The monoisotopic (exact) mass is 295 g/mol. The summed E-state index contributed by atoms with van der Waals surface area (Å²) in [5.41, 5.74) is 4.99. The van der Waals surface area contributed by atoms with Crippen molar-refractivity contribution in [1.29, 1.82) is 0 Å². The summed E-state index contributed by atoms with van der Waals surface area (Å²) >= 11 is 9.60. The highest BCUT2D eigenvalue weighted by molar-refractivity contribution is 9.10. The number of pyridine rings is 1. The maximum atomic E-state index is 6.10. The standard InChI is InChI=1S/C13H11BrClN/c14-8-4-5-13-10(6-8)11(7-15)9-2-1-3-12(9)16-13/h4-6H,1-3,7H2. The van der Waals surface area contributed by atoms with Crippen molar-refractivity contribution in [2.75, 3.05) is 0 Å². The molecule has 0 bridgehead atoms. The molecule has 0 unspecified atom stereocenters. The third-order valence-electron chi connectivity index (χ3n) is 3.23. The van der Waals surface area contributed by atoms with Crippen LogP contribution in [0.5, 0.6) is 0 Å². The third kappa shape index (κ3) is 1.56. The number of hydrogen-bond acceptors (Lipinski definition) is 1. The number of fused-ring (bicyclic) bond motifs is 2. The zero-order valence-corrected chi connectivity index (χ0v) is 11.1. The predicted molar refractivity (Wildman–Crippen MR) is 71.0 cm³/mol. The summed E-state index contributed by atoms with van der Waals surface area (Å²) in [6.45, 7) is 0. The molecular formula is C13H11BrClN. The zero-order chi connectivity index (χ0) is 11.1. The van der Waals surface area contributed by atoms with Crippen molar-refractivity contribution in [1.82, 2.24) is 4.98 Å². The lowest BCUT2D eigenvalue weighted by Gasteiger charge is -2.10. The Morgan fingerprint density at radius 2 is 2.19 bits per heavy atom. The molecule has 0 aliphatic heterocycles. The van der Waals surface area contributed by atoms with Crippen LogP contribution in [0.3, 0.4) is 0 Å². The summed E-state index contributed by atoms with van der Waals surface area (Å²) in [5, 5.41) is 1.20. The van der Waals surface area contributed by atoms with Gasteiger partial charge >= 0.3 is 0 Å². The van der Waals surface area contributed by atoms with Gasteiger partial charge in [0.15, 0.2) is 0 Å². The first-order valence-electron chi connectivity index (χ1n) is 5.45. The fourth-order valence-electron chi connectivity index (χ4n) is 2.48. The molecule has 0 saturated heterocycles. The lowest BCUT2D eigenvalue weighted by atomic mass is 10.0. The van der Waals surface area contributed by atoms with Gasteiger partial charge in [0, 0.05) is 21.4 Å². The van der Waals surface area contributed by atoms with Crippen LogP contribution in [0.1, 0.15) is 23.2 Å². The second kappa shape index (κ2) is 4.01. The van der Waals surface area contributed by atoms with Crippen molar-refractivity contribution >= 4 is 38.4 Å². The largest absolute Gasteiger partial charge is 0.253 e. The molecule has 1 nitrogen and oxygen atoms in total. The summed E-state index contributed by atoms with van der Waals surface area (Å²) in [7, 11) is 0. The quantitative estimate of drug-likeness (QED) is 0.718. The smallest absolute Gasteiger partial charge is 0.0709 e. The van der Waals surface area contributed by atoms with Gasteiger partial charge in [-0.1, -0.05) is 15.9 Å². The minimum atomic E-state index is 0.581. The van der Waals surface area contributed by atoms with E-state index in [1.54, 1.807) is 0 Å². The fraction of sp³-hybridized carbons (Fsp3) is 0.308. The molecule has 82 valence electrons. The van der Waals surface area contributed by atoms with E-state index in [0.717, 1.165) is 22.8 Å². The van der Waals surface area contributed by atoms with E-state index >= 15 is 0 Å². The van der Waals surface area contributed by atoms with Gasteiger partial charge < -0.3 is 0 Å². The molecule has 1 heterocycles. The van der Waals surface area contributed by atoms with Crippen LogP contribution in [0.25, 0.3) is 10.9 Å². The number of aryl methyl sites for hydroxylation is 1. The van der Waals surface area contributed by atoms with Gasteiger partial charge in [-0.15, -0.1) is 11.6 Å². The molecule has 0 atom stereocenters. The van der Waals surface area contributed by atoms with Gasteiger partial charge in [0.1, 0.15) is 0 Å². The minimum absolute atomic E-state index is 0.581. The van der Waals surface area contributed by atoms with Crippen LogP contribution in [0.4, 0.5) is 0 Å². The Morgan fingerprint density at radius 3 is 3.00 bits per heavy atom. The topological polar surface area (TPSA) is 12.9 Å². The fourth-order valence-corrected chi connectivity index (χ4v) is 3.15. The first-order chi connectivity index (χ1) is 7.79. The molecule has 16 heavy (non-hydrogen) atoms. The van der Waals surface area contributed by atoms with E-state index in [0.29, 0.717) is 5.88 Å². The first kappa shape index (κ1) is 10.5. The molecule has 0 spiro atoms. The molecule has 0 amide bonds. The minimum Gasteiger partial charge on any atom is -0.253 e. The number of alkyl halides is 1. The van der Waals surface area contributed by atoms with Gasteiger partial charge in [-0.2, -0.15) is 0 Å². The number of nitrogens with zero attached hydrogens (tertiary/aromatic N) is 1. The predicted octanol–water partition coefficient (Wildman–Crippen LogP) is 4.22. The van der Waals surface area contributed by atoms with Crippen LogP contribution in [-0.4, -0.2) is 4.98 Å². The molecule has 3 heteroatoms. The van der Waals surface area contributed by atoms with Crippen molar-refractivity contribution in [3.05, 3.63) is 39.5 Å².